The summed E-state index contributed by atoms with van der Waals surface area (Å²) >= 11 is 3.31. The lowest BCUT2D eigenvalue weighted by atomic mass is 10.2. The molecular weight excluding hydrogens is 412 g/mol. The second-order valence-electron chi connectivity index (χ2n) is 4.92. The molecule has 0 aliphatic carbocycles. The third kappa shape index (κ3) is 6.64. The van der Waals surface area contributed by atoms with Crippen LogP contribution in [0.1, 0.15) is 5.56 Å². The topological polar surface area (TPSA) is 64.6 Å². The molecule has 0 unspecified atom stereocenters. The highest BCUT2D eigenvalue weighted by Gasteiger charge is 2.12. The van der Waals surface area contributed by atoms with E-state index in [1.165, 1.54) is 30.4 Å². The molecule has 0 bridgehead atoms. The van der Waals surface area contributed by atoms with Gasteiger partial charge in [0.25, 0.3) is 5.91 Å². The van der Waals surface area contributed by atoms with Gasteiger partial charge in [-0.1, -0.05) is 40.2 Å². The van der Waals surface area contributed by atoms with Crippen molar-refractivity contribution >= 4 is 39.6 Å². The van der Waals surface area contributed by atoms with Crippen LogP contribution in [0.25, 0.3) is 6.08 Å². The molecule has 2 aromatic carbocycles. The lowest BCUT2D eigenvalue weighted by molar-refractivity contribution is -0.142. The van der Waals surface area contributed by atoms with E-state index in [9.17, 15) is 18.4 Å². The van der Waals surface area contributed by atoms with Crippen molar-refractivity contribution in [2.75, 3.05) is 11.9 Å². The van der Waals surface area contributed by atoms with Crippen LogP contribution in [-0.4, -0.2) is 25.1 Å². The molecule has 0 saturated carbocycles. The van der Waals surface area contributed by atoms with Crippen molar-refractivity contribution in [3.8, 4) is 5.75 Å². The van der Waals surface area contributed by atoms with Crippen molar-refractivity contribution in [1.82, 2.24) is 0 Å². The summed E-state index contributed by atoms with van der Waals surface area (Å²) in [5, 5.41) is 2.35. The average Bonchev–Trinajstić information content (AvgIpc) is 2.59. The number of hydrogen-bond donors (Lipinski definition) is 1. The number of ether oxygens (including phenoxy) is 2. The van der Waals surface area contributed by atoms with E-state index >= 15 is 0 Å². The van der Waals surface area contributed by atoms with Crippen molar-refractivity contribution < 1.29 is 27.8 Å². The van der Waals surface area contributed by atoms with Gasteiger partial charge in [0.1, 0.15) is 5.75 Å². The molecule has 26 heavy (non-hydrogen) atoms. The van der Waals surface area contributed by atoms with Gasteiger partial charge >= 0.3 is 12.6 Å². The molecule has 8 heteroatoms. The number of amides is 1. The highest BCUT2D eigenvalue weighted by molar-refractivity contribution is 9.10. The zero-order valence-corrected chi connectivity index (χ0v) is 14.9. The van der Waals surface area contributed by atoms with Gasteiger partial charge in [0.05, 0.1) is 5.69 Å². The zero-order valence-electron chi connectivity index (χ0n) is 13.3. The van der Waals surface area contributed by atoms with Crippen molar-refractivity contribution in [2.24, 2.45) is 0 Å². The Bertz CT molecular complexity index is 811. The molecule has 0 aliphatic heterocycles. The van der Waals surface area contributed by atoms with E-state index in [-0.39, 0.29) is 11.4 Å². The number of hydrogen-bond acceptors (Lipinski definition) is 4. The van der Waals surface area contributed by atoms with Crippen LogP contribution in [0.2, 0.25) is 0 Å². The average molecular weight is 426 g/mol. The molecular formula is C18H14BrF2NO4. The summed E-state index contributed by atoms with van der Waals surface area (Å²) in [7, 11) is 0. The van der Waals surface area contributed by atoms with Crippen LogP contribution in [0.15, 0.2) is 59.1 Å². The molecule has 2 aromatic rings. The third-order valence-electron chi connectivity index (χ3n) is 2.98. The number of para-hydroxylation sites is 2. The fourth-order valence-electron chi connectivity index (χ4n) is 1.91. The number of esters is 1. The zero-order chi connectivity index (χ0) is 18.9. The lowest BCUT2D eigenvalue weighted by Gasteiger charge is -2.11. The van der Waals surface area contributed by atoms with Gasteiger partial charge < -0.3 is 14.8 Å². The minimum absolute atomic E-state index is 0.0542. The lowest BCUT2D eigenvalue weighted by Crippen LogP contribution is -2.20. The second-order valence-corrected chi connectivity index (χ2v) is 5.83. The van der Waals surface area contributed by atoms with Crippen LogP contribution in [0.3, 0.4) is 0 Å². The molecule has 0 heterocycles. The number of rotatable bonds is 7. The van der Waals surface area contributed by atoms with E-state index in [1.807, 2.05) is 6.07 Å². The molecule has 0 aliphatic rings. The first-order chi connectivity index (χ1) is 12.4. The van der Waals surface area contributed by atoms with E-state index in [2.05, 4.69) is 26.0 Å². The summed E-state index contributed by atoms with van der Waals surface area (Å²) in [6.07, 6.45) is 2.72. The first-order valence-electron chi connectivity index (χ1n) is 7.38. The number of benzene rings is 2. The Kier molecular flexibility index (Phi) is 7.28. The fraction of sp³-hybridized carbons (Fsp3) is 0.111. The molecule has 1 amide bonds. The first-order valence-corrected chi connectivity index (χ1v) is 8.17. The number of halogens is 3. The van der Waals surface area contributed by atoms with E-state index in [0.717, 1.165) is 10.0 Å². The number of anilines is 1. The molecule has 1 N–H and O–H groups in total. The van der Waals surface area contributed by atoms with E-state index in [0.29, 0.717) is 0 Å². The Morgan fingerprint density at radius 1 is 1.15 bits per heavy atom. The van der Waals surface area contributed by atoms with Crippen molar-refractivity contribution in [1.29, 1.82) is 0 Å². The molecule has 0 saturated heterocycles. The first kappa shape index (κ1) is 19.6. The summed E-state index contributed by atoms with van der Waals surface area (Å²) in [5.74, 6) is -1.58. The maximum Gasteiger partial charge on any atom is 0.387 e. The Morgan fingerprint density at radius 2 is 1.92 bits per heavy atom. The van der Waals surface area contributed by atoms with Gasteiger partial charge in [-0.15, -0.1) is 0 Å². The largest absolute Gasteiger partial charge is 0.452 e. The minimum atomic E-state index is -3.02. The molecule has 136 valence electrons. The summed E-state index contributed by atoms with van der Waals surface area (Å²) in [5.41, 5.74) is 0.831. The standard InChI is InChI=1S/C18H14BrF2NO4/c19-13-5-3-4-12(10-13)8-9-17(24)25-11-16(23)22-14-6-1-2-7-15(14)26-18(20)21/h1-10,18H,11H2,(H,22,23)/b9-8+. The second kappa shape index (κ2) is 9.67. The predicted octanol–water partition coefficient (Wildman–Crippen LogP) is 4.25. The summed E-state index contributed by atoms with van der Waals surface area (Å²) < 4.78 is 34.6. The van der Waals surface area contributed by atoms with Gasteiger partial charge in [0.15, 0.2) is 6.61 Å². The Hall–Kier alpha value is -2.74. The fourth-order valence-corrected chi connectivity index (χ4v) is 2.33. The molecule has 2 rings (SSSR count). The smallest absolute Gasteiger partial charge is 0.387 e. The van der Waals surface area contributed by atoms with Crippen molar-refractivity contribution in [3.63, 3.8) is 0 Å². The molecule has 0 spiro atoms. The van der Waals surface area contributed by atoms with Crippen molar-refractivity contribution in [3.05, 3.63) is 64.6 Å². The Labute approximate surface area is 156 Å². The molecule has 0 atom stereocenters. The molecule has 0 fully saturated rings. The highest BCUT2D eigenvalue weighted by atomic mass is 79.9. The normalized spacial score (nSPS) is 10.8. The van der Waals surface area contributed by atoms with Crippen LogP contribution in [-0.2, 0) is 14.3 Å². The van der Waals surface area contributed by atoms with Crippen LogP contribution >= 0.6 is 15.9 Å². The Balaban J connectivity index is 1.86. The van der Waals surface area contributed by atoms with Gasteiger partial charge in [-0.2, -0.15) is 8.78 Å². The SMILES string of the molecule is O=C(COC(=O)/C=C/c1cccc(Br)c1)Nc1ccccc1OC(F)F. The summed E-state index contributed by atoms with van der Waals surface area (Å²) in [6, 6.07) is 13.0. The maximum atomic E-state index is 12.3. The summed E-state index contributed by atoms with van der Waals surface area (Å²) in [6.45, 7) is -3.58. The van der Waals surface area contributed by atoms with Gasteiger partial charge in [0.2, 0.25) is 0 Å². The van der Waals surface area contributed by atoms with Gasteiger partial charge in [-0.25, -0.2) is 4.79 Å². The maximum absolute atomic E-state index is 12.3. The van der Waals surface area contributed by atoms with Crippen LogP contribution in [0.4, 0.5) is 14.5 Å². The molecule has 5 nitrogen and oxygen atoms in total. The number of nitrogens with one attached hydrogen (secondary N) is 1. The molecule has 0 radical (unpaired) electrons. The van der Waals surface area contributed by atoms with Crippen molar-refractivity contribution in [2.45, 2.75) is 6.61 Å². The Morgan fingerprint density at radius 3 is 2.65 bits per heavy atom. The minimum Gasteiger partial charge on any atom is -0.452 e. The number of alkyl halides is 2. The summed E-state index contributed by atoms with van der Waals surface area (Å²) in [4.78, 5) is 23.5. The van der Waals surface area contributed by atoms with E-state index in [4.69, 9.17) is 4.74 Å². The number of carbonyl (C=O) groups is 2. The van der Waals surface area contributed by atoms with Crippen LogP contribution < -0.4 is 10.1 Å². The van der Waals surface area contributed by atoms with Crippen LogP contribution in [0.5, 0.6) is 5.75 Å². The third-order valence-corrected chi connectivity index (χ3v) is 3.48. The molecule has 0 aromatic heterocycles. The van der Waals surface area contributed by atoms with Crippen LogP contribution in [0, 0.1) is 0 Å². The van der Waals surface area contributed by atoms with Gasteiger partial charge in [0, 0.05) is 10.5 Å². The van der Waals surface area contributed by atoms with E-state index < -0.39 is 25.1 Å². The number of carbonyl (C=O) groups excluding carboxylic acids is 2. The predicted molar refractivity (Wildman–Crippen MR) is 95.8 cm³/mol. The van der Waals surface area contributed by atoms with E-state index in [1.54, 1.807) is 24.3 Å². The highest BCUT2D eigenvalue weighted by Crippen LogP contribution is 2.25. The quantitative estimate of drug-likeness (QED) is 0.532. The van der Waals surface area contributed by atoms with Gasteiger partial charge in [-0.3, -0.25) is 4.79 Å². The monoisotopic (exact) mass is 425 g/mol. The van der Waals surface area contributed by atoms with Gasteiger partial charge in [-0.05, 0) is 35.9 Å².